The van der Waals surface area contributed by atoms with Gasteiger partial charge in [-0.25, -0.2) is 4.79 Å². The number of benzene rings is 2. The summed E-state index contributed by atoms with van der Waals surface area (Å²) in [7, 11) is 0. The van der Waals surface area contributed by atoms with E-state index in [1.54, 1.807) is 0 Å². The second-order valence-corrected chi connectivity index (χ2v) is 7.17. The molecule has 0 bridgehead atoms. The Labute approximate surface area is 162 Å². The topological polar surface area (TPSA) is 69.8 Å². The van der Waals surface area contributed by atoms with Crippen LogP contribution < -0.4 is 10.6 Å². The molecule has 2 amide bonds. The maximum atomic E-state index is 12.3. The van der Waals surface area contributed by atoms with Crippen LogP contribution in [0.1, 0.15) is 22.4 Å². The fraction of sp³-hybridized carbons (Fsp3) is 0.143. The number of nitrogens with zero attached hydrogens (tertiary/aromatic N) is 1. The first-order chi connectivity index (χ1) is 13.1. The van der Waals surface area contributed by atoms with Crippen LogP contribution in [-0.2, 0) is 17.8 Å². The van der Waals surface area contributed by atoms with Crippen molar-refractivity contribution in [3.05, 3.63) is 89.1 Å². The van der Waals surface area contributed by atoms with Crippen molar-refractivity contribution in [3.8, 4) is 0 Å². The number of anilines is 1. The molecule has 0 radical (unpaired) electrons. The molecule has 0 fully saturated rings. The summed E-state index contributed by atoms with van der Waals surface area (Å²) in [4.78, 5) is 11.6. The molecule has 5 nitrogen and oxygen atoms in total. The maximum absolute atomic E-state index is 12.3. The summed E-state index contributed by atoms with van der Waals surface area (Å²) in [6.07, 6.45) is 4.41. The third kappa shape index (κ3) is 3.73. The van der Waals surface area contributed by atoms with Gasteiger partial charge < -0.3 is 5.32 Å². The van der Waals surface area contributed by atoms with Crippen molar-refractivity contribution in [3.63, 3.8) is 0 Å². The van der Waals surface area contributed by atoms with E-state index in [0.717, 1.165) is 22.4 Å². The van der Waals surface area contributed by atoms with Crippen LogP contribution in [0.25, 0.3) is 6.08 Å². The number of urea groups is 1. The van der Waals surface area contributed by atoms with Gasteiger partial charge in [0, 0.05) is 18.5 Å². The third-order valence-electron chi connectivity index (χ3n) is 4.63. The second-order valence-electron chi connectivity index (χ2n) is 6.50. The predicted molar refractivity (Wildman–Crippen MR) is 108 cm³/mol. The average molecular weight is 379 g/mol. The lowest BCUT2D eigenvalue weighted by Crippen LogP contribution is -2.29. The second kappa shape index (κ2) is 7.29. The van der Waals surface area contributed by atoms with E-state index in [4.69, 9.17) is 11.6 Å². The molecular weight excluding hydrogens is 360 g/mol. The molecule has 1 heterocycles. The molecule has 3 aromatic rings. The Bertz CT molecular complexity index is 968. The molecule has 0 saturated heterocycles. The zero-order valence-corrected chi connectivity index (χ0v) is 15.3. The van der Waals surface area contributed by atoms with E-state index in [9.17, 15) is 4.79 Å². The minimum absolute atomic E-state index is 0.303. The largest absolute Gasteiger partial charge is 0.334 e. The van der Waals surface area contributed by atoms with Crippen molar-refractivity contribution < 1.29 is 4.79 Å². The van der Waals surface area contributed by atoms with Gasteiger partial charge in [0.2, 0.25) is 0 Å². The van der Waals surface area contributed by atoms with E-state index < -0.39 is 4.87 Å². The zero-order chi connectivity index (χ0) is 18.7. The summed E-state index contributed by atoms with van der Waals surface area (Å²) in [5, 5.41) is 12.9. The summed E-state index contributed by atoms with van der Waals surface area (Å²) in [5.41, 5.74) is 3.80. The highest BCUT2D eigenvalue weighted by Gasteiger charge is 2.33. The zero-order valence-electron chi connectivity index (χ0n) is 14.6. The van der Waals surface area contributed by atoms with Crippen molar-refractivity contribution in [2.45, 2.75) is 17.8 Å². The van der Waals surface area contributed by atoms with Crippen molar-refractivity contribution in [2.24, 2.45) is 0 Å². The molecule has 1 unspecified atom stereocenters. The summed E-state index contributed by atoms with van der Waals surface area (Å²) in [6, 6.07) is 19.3. The molecule has 0 saturated carbocycles. The number of aromatic amines is 1. The van der Waals surface area contributed by atoms with Crippen molar-refractivity contribution in [1.82, 2.24) is 15.5 Å². The van der Waals surface area contributed by atoms with Gasteiger partial charge in [0.1, 0.15) is 0 Å². The quantitative estimate of drug-likeness (QED) is 0.587. The molecule has 1 aromatic heterocycles. The molecule has 0 aliphatic heterocycles. The highest BCUT2D eigenvalue weighted by molar-refractivity contribution is 6.26. The van der Waals surface area contributed by atoms with E-state index in [1.807, 2.05) is 72.8 Å². The first-order valence-electron chi connectivity index (χ1n) is 8.74. The first kappa shape index (κ1) is 17.4. The molecule has 6 heteroatoms. The molecule has 4 rings (SSSR count). The van der Waals surface area contributed by atoms with E-state index >= 15 is 0 Å². The fourth-order valence-electron chi connectivity index (χ4n) is 3.17. The van der Waals surface area contributed by atoms with Crippen molar-refractivity contribution in [2.75, 3.05) is 5.32 Å². The number of allylic oxidation sites excluding steroid dienone is 1. The molecule has 2 aromatic carbocycles. The lowest BCUT2D eigenvalue weighted by atomic mass is 9.86. The van der Waals surface area contributed by atoms with Crippen molar-refractivity contribution in [1.29, 1.82) is 0 Å². The van der Waals surface area contributed by atoms with Gasteiger partial charge in [0.25, 0.3) is 0 Å². The molecule has 27 heavy (non-hydrogen) atoms. The SMILES string of the molecule is O=C(NCc1ccccc1)Nc1n[nH]c2c1CC(Cl)(c1ccccc1)C=C2. The molecule has 3 N–H and O–H groups in total. The molecular formula is C21H19ClN4O. The number of nitrogens with one attached hydrogen (secondary N) is 3. The van der Waals surface area contributed by atoms with Crippen LogP contribution in [-0.4, -0.2) is 16.2 Å². The normalized spacial score (nSPS) is 18.0. The van der Waals surface area contributed by atoms with E-state index in [-0.39, 0.29) is 6.03 Å². The lowest BCUT2D eigenvalue weighted by Gasteiger charge is -2.27. The van der Waals surface area contributed by atoms with Gasteiger partial charge in [-0.3, -0.25) is 10.4 Å². The minimum Gasteiger partial charge on any atom is -0.334 e. The number of alkyl halides is 1. The number of fused-ring (bicyclic) bond motifs is 1. The molecule has 1 atom stereocenters. The van der Waals surface area contributed by atoms with E-state index in [2.05, 4.69) is 20.8 Å². The highest BCUT2D eigenvalue weighted by atomic mass is 35.5. The molecule has 0 spiro atoms. The van der Waals surface area contributed by atoms with Crippen LogP contribution in [0, 0.1) is 0 Å². The number of carbonyl (C=O) groups excluding carboxylic acids is 1. The highest BCUT2D eigenvalue weighted by Crippen LogP contribution is 2.40. The van der Waals surface area contributed by atoms with Crippen molar-refractivity contribution >= 4 is 29.5 Å². The first-order valence-corrected chi connectivity index (χ1v) is 9.11. The number of hydrogen-bond donors (Lipinski definition) is 3. The standard InChI is InChI=1S/C21H19ClN4O/c22-21(16-9-5-2-6-10-16)12-11-18-17(13-21)19(26-25-18)24-20(27)23-14-15-7-3-1-4-8-15/h1-12H,13-14H2,(H3,23,24,25,26,27). The minimum atomic E-state index is -0.658. The number of amides is 2. The average Bonchev–Trinajstić information content (AvgIpc) is 3.09. The van der Waals surface area contributed by atoms with E-state index in [1.165, 1.54) is 0 Å². The van der Waals surface area contributed by atoms with Crippen LogP contribution in [0.15, 0.2) is 66.7 Å². The number of hydrogen-bond acceptors (Lipinski definition) is 2. The summed E-state index contributed by atoms with van der Waals surface area (Å²) < 4.78 is 0. The number of carbonyl (C=O) groups is 1. The Morgan fingerprint density at radius 2 is 1.81 bits per heavy atom. The van der Waals surface area contributed by atoms with Gasteiger partial charge in [-0.15, -0.1) is 11.6 Å². The Morgan fingerprint density at radius 3 is 2.56 bits per heavy atom. The van der Waals surface area contributed by atoms with E-state index in [0.29, 0.717) is 18.8 Å². The fourth-order valence-corrected chi connectivity index (χ4v) is 3.50. The number of H-pyrrole nitrogens is 1. The number of rotatable bonds is 4. The summed E-state index contributed by atoms with van der Waals surface area (Å²) in [6.45, 7) is 0.447. The Balaban J connectivity index is 1.47. The van der Waals surface area contributed by atoms with Gasteiger partial charge in [0.15, 0.2) is 5.82 Å². The molecule has 136 valence electrons. The predicted octanol–water partition coefficient (Wildman–Crippen LogP) is 4.44. The van der Waals surface area contributed by atoms with Gasteiger partial charge in [-0.2, -0.15) is 5.10 Å². The van der Waals surface area contributed by atoms with Crippen LogP contribution >= 0.6 is 11.6 Å². The Kier molecular flexibility index (Phi) is 4.69. The lowest BCUT2D eigenvalue weighted by molar-refractivity contribution is 0.251. The Hall–Kier alpha value is -3.05. The Morgan fingerprint density at radius 1 is 1.11 bits per heavy atom. The van der Waals surface area contributed by atoms with Crippen LogP contribution in [0.3, 0.4) is 0 Å². The summed E-state index contributed by atoms with van der Waals surface area (Å²) >= 11 is 6.88. The molecule has 1 aliphatic rings. The smallest absolute Gasteiger partial charge is 0.320 e. The van der Waals surface area contributed by atoms with Crippen LogP contribution in [0.5, 0.6) is 0 Å². The van der Waals surface area contributed by atoms with Crippen LogP contribution in [0.2, 0.25) is 0 Å². The van der Waals surface area contributed by atoms with Gasteiger partial charge in [-0.1, -0.05) is 66.7 Å². The third-order valence-corrected chi connectivity index (χ3v) is 5.11. The van der Waals surface area contributed by atoms with Crippen LogP contribution in [0.4, 0.5) is 10.6 Å². The summed E-state index contributed by atoms with van der Waals surface area (Å²) in [5.74, 6) is 0.501. The number of halogens is 1. The molecule has 1 aliphatic carbocycles. The van der Waals surface area contributed by atoms with Gasteiger partial charge in [0.05, 0.1) is 10.6 Å². The van der Waals surface area contributed by atoms with Gasteiger partial charge >= 0.3 is 6.03 Å². The maximum Gasteiger partial charge on any atom is 0.320 e. The van der Waals surface area contributed by atoms with Gasteiger partial charge in [-0.05, 0) is 17.2 Å². The monoisotopic (exact) mass is 378 g/mol. The number of aromatic nitrogens is 2.